The number of piperazine rings is 1. The predicted octanol–water partition coefficient (Wildman–Crippen LogP) is -0.205. The van der Waals surface area contributed by atoms with Crippen LogP contribution in [-0.4, -0.2) is 73.3 Å². The largest absolute Gasteiger partial charge is 0.348 e. The van der Waals surface area contributed by atoms with Crippen molar-refractivity contribution in [3.63, 3.8) is 0 Å². The smallest absolute Gasteiger partial charge is 0.246 e. The number of rotatable bonds is 3. The number of carbonyl (C=O) groups is 2. The van der Waals surface area contributed by atoms with Crippen LogP contribution in [0.25, 0.3) is 0 Å². The lowest BCUT2D eigenvalue weighted by molar-refractivity contribution is -0.131. The number of likely N-dealkylation sites (N-methyl/N-ethyl adjacent to an activating group) is 1. The molecule has 1 heterocycles. The second-order valence-electron chi connectivity index (χ2n) is 4.39. The van der Waals surface area contributed by atoms with Crippen LogP contribution in [0.15, 0.2) is 12.2 Å². The Bertz CT molecular complexity index is 305. The lowest BCUT2D eigenvalue weighted by Crippen LogP contribution is -2.50. The van der Waals surface area contributed by atoms with Crippen LogP contribution in [0.4, 0.5) is 0 Å². The van der Waals surface area contributed by atoms with Gasteiger partial charge in [-0.2, -0.15) is 0 Å². The molecule has 0 bridgehead atoms. The number of nitrogens with zero attached hydrogens (tertiary/aromatic N) is 3. The first-order chi connectivity index (χ1) is 8.04. The van der Waals surface area contributed by atoms with Gasteiger partial charge in [0.05, 0.1) is 6.54 Å². The van der Waals surface area contributed by atoms with Crippen LogP contribution in [0.1, 0.15) is 6.92 Å². The number of hydrogen-bond donors (Lipinski definition) is 0. The fourth-order valence-electron chi connectivity index (χ4n) is 1.71. The first kappa shape index (κ1) is 13.7. The second kappa shape index (κ2) is 6.39. The topological polar surface area (TPSA) is 43.9 Å². The normalized spacial score (nSPS) is 17.5. The van der Waals surface area contributed by atoms with Gasteiger partial charge in [0.25, 0.3) is 0 Å². The van der Waals surface area contributed by atoms with Crippen molar-refractivity contribution in [2.24, 2.45) is 0 Å². The van der Waals surface area contributed by atoms with E-state index < -0.39 is 0 Å². The molecule has 0 aliphatic carbocycles. The fraction of sp³-hybridized carbons (Fsp3) is 0.667. The SMILES string of the molecule is CC=CC(=O)N1CCN(CC(=O)N(C)C)CC1. The van der Waals surface area contributed by atoms with E-state index in [-0.39, 0.29) is 11.8 Å². The zero-order valence-corrected chi connectivity index (χ0v) is 10.8. The van der Waals surface area contributed by atoms with Crippen LogP contribution in [-0.2, 0) is 9.59 Å². The van der Waals surface area contributed by atoms with Crippen LogP contribution >= 0.6 is 0 Å². The van der Waals surface area contributed by atoms with Crippen LogP contribution in [0.2, 0.25) is 0 Å². The molecule has 2 amide bonds. The molecule has 0 aromatic heterocycles. The Morgan fingerprint density at radius 1 is 1.18 bits per heavy atom. The van der Waals surface area contributed by atoms with E-state index in [2.05, 4.69) is 4.90 Å². The Hall–Kier alpha value is -1.36. The molecule has 1 saturated heterocycles. The van der Waals surface area contributed by atoms with E-state index in [0.717, 1.165) is 13.1 Å². The van der Waals surface area contributed by atoms with Gasteiger partial charge in [0, 0.05) is 40.3 Å². The highest BCUT2D eigenvalue weighted by Crippen LogP contribution is 2.03. The first-order valence-electron chi connectivity index (χ1n) is 5.88. The molecule has 0 unspecified atom stereocenters. The van der Waals surface area contributed by atoms with Gasteiger partial charge in [0.2, 0.25) is 11.8 Å². The quantitative estimate of drug-likeness (QED) is 0.640. The third kappa shape index (κ3) is 4.19. The van der Waals surface area contributed by atoms with Crippen LogP contribution in [0.3, 0.4) is 0 Å². The monoisotopic (exact) mass is 239 g/mol. The minimum absolute atomic E-state index is 0.0612. The average molecular weight is 239 g/mol. The second-order valence-corrected chi connectivity index (χ2v) is 4.39. The van der Waals surface area contributed by atoms with Gasteiger partial charge < -0.3 is 9.80 Å². The van der Waals surface area contributed by atoms with Gasteiger partial charge in [0.1, 0.15) is 0 Å². The molecule has 1 aliphatic rings. The summed E-state index contributed by atoms with van der Waals surface area (Å²) in [4.78, 5) is 28.6. The van der Waals surface area contributed by atoms with Gasteiger partial charge in [-0.3, -0.25) is 14.5 Å². The molecule has 1 fully saturated rings. The van der Waals surface area contributed by atoms with Gasteiger partial charge in [-0.1, -0.05) is 6.08 Å². The number of allylic oxidation sites excluding steroid dienone is 1. The van der Waals surface area contributed by atoms with Crippen molar-refractivity contribution in [1.82, 2.24) is 14.7 Å². The van der Waals surface area contributed by atoms with Crippen LogP contribution in [0, 0.1) is 0 Å². The van der Waals surface area contributed by atoms with Crippen LogP contribution < -0.4 is 0 Å². The van der Waals surface area contributed by atoms with E-state index in [0.29, 0.717) is 19.6 Å². The van der Waals surface area contributed by atoms with Gasteiger partial charge in [0.15, 0.2) is 0 Å². The molecule has 0 aromatic rings. The minimum Gasteiger partial charge on any atom is -0.348 e. The Balaban J connectivity index is 2.36. The van der Waals surface area contributed by atoms with Gasteiger partial charge in [-0.05, 0) is 13.0 Å². The van der Waals surface area contributed by atoms with Gasteiger partial charge >= 0.3 is 0 Å². The van der Waals surface area contributed by atoms with Crippen LogP contribution in [0.5, 0.6) is 0 Å². The molecule has 0 spiro atoms. The zero-order chi connectivity index (χ0) is 12.8. The molecule has 1 aliphatic heterocycles. The molecule has 5 nitrogen and oxygen atoms in total. The molecule has 1 rings (SSSR count). The Kier molecular flexibility index (Phi) is 5.15. The van der Waals surface area contributed by atoms with Crippen molar-refractivity contribution >= 4 is 11.8 Å². The number of amides is 2. The fourth-order valence-corrected chi connectivity index (χ4v) is 1.71. The van der Waals surface area contributed by atoms with E-state index in [9.17, 15) is 9.59 Å². The molecular formula is C12H21N3O2. The summed E-state index contributed by atoms with van der Waals surface area (Å²) >= 11 is 0. The van der Waals surface area contributed by atoms with Gasteiger partial charge in [-0.15, -0.1) is 0 Å². The molecule has 5 heteroatoms. The van der Waals surface area contributed by atoms with Crippen molar-refractivity contribution in [1.29, 1.82) is 0 Å². The Labute approximate surface area is 103 Å². The lowest BCUT2D eigenvalue weighted by atomic mass is 10.3. The maximum absolute atomic E-state index is 11.6. The van der Waals surface area contributed by atoms with Crippen molar-refractivity contribution in [3.05, 3.63) is 12.2 Å². The predicted molar refractivity (Wildman–Crippen MR) is 66.5 cm³/mol. The maximum Gasteiger partial charge on any atom is 0.246 e. The Morgan fingerprint density at radius 2 is 1.76 bits per heavy atom. The summed E-state index contributed by atoms with van der Waals surface area (Å²) < 4.78 is 0. The summed E-state index contributed by atoms with van der Waals surface area (Å²) in [5.74, 6) is 0.171. The summed E-state index contributed by atoms with van der Waals surface area (Å²) in [6, 6.07) is 0. The molecule has 0 saturated carbocycles. The van der Waals surface area contributed by atoms with Gasteiger partial charge in [-0.25, -0.2) is 0 Å². The summed E-state index contributed by atoms with van der Waals surface area (Å²) in [6.07, 6.45) is 3.34. The highest BCUT2D eigenvalue weighted by molar-refractivity contribution is 5.87. The highest BCUT2D eigenvalue weighted by atomic mass is 16.2. The van der Waals surface area contributed by atoms with Crippen molar-refractivity contribution in [2.45, 2.75) is 6.92 Å². The third-order valence-electron chi connectivity index (χ3n) is 2.85. The molecule has 0 radical (unpaired) electrons. The summed E-state index contributed by atoms with van der Waals surface area (Å²) in [6.45, 7) is 5.21. The summed E-state index contributed by atoms with van der Waals surface area (Å²) in [5.41, 5.74) is 0. The standard InChI is InChI=1S/C12H21N3O2/c1-4-5-11(16)15-8-6-14(7-9-15)10-12(17)13(2)3/h4-5H,6-10H2,1-3H3. The average Bonchev–Trinajstić information content (AvgIpc) is 2.30. The summed E-state index contributed by atoms with van der Waals surface area (Å²) in [5, 5.41) is 0. The maximum atomic E-state index is 11.6. The molecular weight excluding hydrogens is 218 g/mol. The van der Waals surface area contributed by atoms with E-state index in [1.165, 1.54) is 0 Å². The molecule has 96 valence electrons. The Morgan fingerprint density at radius 3 is 2.24 bits per heavy atom. The summed E-state index contributed by atoms with van der Waals surface area (Å²) in [7, 11) is 3.52. The number of carbonyl (C=O) groups excluding carboxylic acids is 2. The third-order valence-corrected chi connectivity index (χ3v) is 2.85. The number of hydrogen-bond acceptors (Lipinski definition) is 3. The highest BCUT2D eigenvalue weighted by Gasteiger charge is 2.21. The molecule has 17 heavy (non-hydrogen) atoms. The molecule has 0 aromatic carbocycles. The van der Waals surface area contributed by atoms with E-state index in [1.807, 2.05) is 11.8 Å². The van der Waals surface area contributed by atoms with Crippen molar-refractivity contribution in [2.75, 3.05) is 46.8 Å². The zero-order valence-electron chi connectivity index (χ0n) is 10.8. The minimum atomic E-state index is 0.0612. The van der Waals surface area contributed by atoms with E-state index in [1.54, 1.807) is 31.1 Å². The van der Waals surface area contributed by atoms with E-state index >= 15 is 0 Å². The molecule has 0 N–H and O–H groups in total. The van der Waals surface area contributed by atoms with E-state index in [4.69, 9.17) is 0 Å². The van der Waals surface area contributed by atoms with Crippen molar-refractivity contribution in [3.8, 4) is 0 Å². The first-order valence-corrected chi connectivity index (χ1v) is 5.88. The van der Waals surface area contributed by atoms with Crippen molar-refractivity contribution < 1.29 is 9.59 Å². The lowest BCUT2D eigenvalue weighted by Gasteiger charge is -2.34. The molecule has 0 atom stereocenters.